The van der Waals surface area contributed by atoms with Crippen LogP contribution in [0.3, 0.4) is 0 Å². The molecule has 0 rings (SSSR count). The van der Waals surface area contributed by atoms with E-state index in [1.54, 1.807) is 0 Å². The quantitative estimate of drug-likeness (QED) is 0.0853. The normalized spacial score (nSPS) is 11.5. The second-order valence-corrected chi connectivity index (χ2v) is 16.2. The molecule has 190 valence electrons. The van der Waals surface area contributed by atoms with Gasteiger partial charge in [-0.3, -0.25) is 9.59 Å². The van der Waals surface area contributed by atoms with E-state index in [2.05, 4.69) is 26.6 Å². The van der Waals surface area contributed by atoms with Gasteiger partial charge in [0.15, 0.2) is 0 Å². The van der Waals surface area contributed by atoms with Crippen molar-refractivity contribution < 1.29 is 19.1 Å². The summed E-state index contributed by atoms with van der Waals surface area (Å²) in [5, 5.41) is 0. The van der Waals surface area contributed by atoms with Gasteiger partial charge in [0.05, 0.1) is 26.1 Å². The highest BCUT2D eigenvalue weighted by Gasteiger charge is 2.14. The van der Waals surface area contributed by atoms with Crippen LogP contribution < -0.4 is 0 Å². The number of unbranched alkanes of at least 4 members (excludes halogenated alkanes) is 15. The summed E-state index contributed by atoms with van der Waals surface area (Å²) in [6.07, 6.45) is 21.6. The molecule has 0 aliphatic rings. The molecule has 4 nitrogen and oxygen atoms in total. The smallest absolute Gasteiger partial charge is 0.306 e. The summed E-state index contributed by atoms with van der Waals surface area (Å²) in [4.78, 5) is 23.4. The van der Waals surface area contributed by atoms with E-state index in [0.29, 0.717) is 13.2 Å². The lowest BCUT2D eigenvalue weighted by molar-refractivity contribution is -0.150. The first kappa shape index (κ1) is 31.2. The van der Waals surface area contributed by atoms with Gasteiger partial charge in [-0.15, -0.1) is 0 Å². The molecule has 0 saturated heterocycles. The molecule has 0 atom stereocenters. The fourth-order valence-electron chi connectivity index (χ4n) is 3.66. The summed E-state index contributed by atoms with van der Waals surface area (Å²) in [5.74, 6) is -0.573. The largest absolute Gasteiger partial charge is 0.466 e. The first-order chi connectivity index (χ1) is 15.3. The summed E-state index contributed by atoms with van der Waals surface area (Å²) < 4.78 is 10.4. The maximum absolute atomic E-state index is 11.7. The van der Waals surface area contributed by atoms with E-state index >= 15 is 0 Å². The molecule has 0 spiro atoms. The molecule has 0 saturated carbocycles. The number of carbonyl (C=O) groups is 2. The first-order valence-corrected chi connectivity index (χ1v) is 17.4. The zero-order valence-electron chi connectivity index (χ0n) is 22.0. The Morgan fingerprint density at radius 3 is 1.25 bits per heavy atom. The van der Waals surface area contributed by atoms with Crippen LogP contribution in [-0.2, 0) is 19.1 Å². The van der Waals surface area contributed by atoms with Crippen LogP contribution in [0.1, 0.15) is 122 Å². The number of carbonyl (C=O) groups excluding carboxylic acids is 2. The molecular formula is C27H54O4Si. The number of hydrogen-bond acceptors (Lipinski definition) is 4. The highest BCUT2D eigenvalue weighted by atomic mass is 28.3. The highest BCUT2D eigenvalue weighted by Crippen LogP contribution is 2.14. The molecule has 0 fully saturated rings. The third-order valence-electron chi connectivity index (χ3n) is 5.91. The molecule has 32 heavy (non-hydrogen) atoms. The predicted molar refractivity (Wildman–Crippen MR) is 139 cm³/mol. The Morgan fingerprint density at radius 2 is 0.875 bits per heavy atom. The van der Waals surface area contributed by atoms with Gasteiger partial charge in [-0.1, -0.05) is 123 Å². The monoisotopic (exact) mass is 470 g/mol. The molecule has 0 unspecified atom stereocenters. The molecule has 0 aromatic rings. The third kappa shape index (κ3) is 25.4. The van der Waals surface area contributed by atoms with Crippen LogP contribution in [0.4, 0.5) is 0 Å². The highest BCUT2D eigenvalue weighted by molar-refractivity contribution is 6.76. The molecule has 0 N–H and O–H groups in total. The van der Waals surface area contributed by atoms with E-state index in [1.807, 2.05) is 0 Å². The van der Waals surface area contributed by atoms with Gasteiger partial charge in [0.1, 0.15) is 0 Å². The third-order valence-corrected chi connectivity index (χ3v) is 7.61. The Bertz CT molecular complexity index is 445. The summed E-state index contributed by atoms with van der Waals surface area (Å²) in [6, 6.07) is 0.961. The lowest BCUT2D eigenvalue weighted by Crippen LogP contribution is -2.22. The van der Waals surface area contributed by atoms with Crippen molar-refractivity contribution >= 4 is 20.0 Å². The van der Waals surface area contributed by atoms with Gasteiger partial charge in [-0.25, -0.2) is 0 Å². The molecule has 0 heterocycles. The zero-order chi connectivity index (χ0) is 23.9. The lowest BCUT2D eigenvalue weighted by Gasteiger charge is -2.15. The molecule has 0 amide bonds. The Morgan fingerprint density at radius 1 is 0.531 bits per heavy atom. The number of ether oxygens (including phenoxy) is 2. The van der Waals surface area contributed by atoms with Crippen molar-refractivity contribution in [2.75, 3.05) is 13.2 Å². The Kier molecular flexibility index (Phi) is 21.4. The van der Waals surface area contributed by atoms with Crippen LogP contribution in [-0.4, -0.2) is 33.2 Å². The van der Waals surface area contributed by atoms with E-state index in [1.165, 1.54) is 89.9 Å². The predicted octanol–water partition coefficient (Wildman–Crippen LogP) is 8.45. The maximum Gasteiger partial charge on any atom is 0.306 e. The summed E-state index contributed by atoms with van der Waals surface area (Å²) >= 11 is 0. The maximum atomic E-state index is 11.7. The summed E-state index contributed by atoms with van der Waals surface area (Å²) in [5.41, 5.74) is 0. The van der Waals surface area contributed by atoms with Crippen molar-refractivity contribution in [1.82, 2.24) is 0 Å². The molecule has 5 heteroatoms. The molecule has 0 aromatic carbocycles. The fraction of sp³-hybridized carbons (Fsp3) is 0.926. The minimum absolute atomic E-state index is 0.128. The Labute approximate surface area is 200 Å². The lowest BCUT2D eigenvalue weighted by atomic mass is 10.0. The van der Waals surface area contributed by atoms with Crippen molar-refractivity contribution in [3.05, 3.63) is 0 Å². The van der Waals surface area contributed by atoms with Gasteiger partial charge in [-0.2, -0.15) is 0 Å². The molecule has 0 bridgehead atoms. The number of esters is 2. The minimum Gasteiger partial charge on any atom is -0.466 e. The Balaban J connectivity index is 3.28. The van der Waals surface area contributed by atoms with Crippen molar-refractivity contribution in [3.8, 4) is 0 Å². The van der Waals surface area contributed by atoms with Gasteiger partial charge in [0.25, 0.3) is 0 Å². The Hall–Kier alpha value is -0.843. The van der Waals surface area contributed by atoms with Crippen molar-refractivity contribution in [1.29, 1.82) is 0 Å². The molecule has 0 aromatic heterocycles. The van der Waals surface area contributed by atoms with E-state index in [4.69, 9.17) is 9.47 Å². The van der Waals surface area contributed by atoms with E-state index in [9.17, 15) is 9.59 Å². The van der Waals surface area contributed by atoms with Gasteiger partial charge in [0, 0.05) is 8.07 Å². The number of rotatable bonds is 23. The fourth-order valence-corrected chi connectivity index (χ4v) is 4.37. The van der Waals surface area contributed by atoms with Crippen molar-refractivity contribution in [2.45, 2.75) is 148 Å². The van der Waals surface area contributed by atoms with Gasteiger partial charge in [-0.05, 0) is 12.5 Å². The van der Waals surface area contributed by atoms with Crippen LogP contribution in [0.25, 0.3) is 0 Å². The standard InChI is InChI=1S/C27H54O4Si/c1-5-6-7-8-9-10-11-12-13-14-15-16-17-18-19-20-23-30-26(28)21-22-27(29)31-24-25-32(2,3)4/h5-25H2,1-4H3. The summed E-state index contributed by atoms with van der Waals surface area (Å²) in [6.45, 7) is 9.97. The van der Waals surface area contributed by atoms with Crippen molar-refractivity contribution in [2.24, 2.45) is 0 Å². The molecule has 0 aliphatic heterocycles. The molecule has 0 aliphatic carbocycles. The second-order valence-electron chi connectivity index (χ2n) is 10.6. The van der Waals surface area contributed by atoms with Crippen molar-refractivity contribution in [3.63, 3.8) is 0 Å². The van der Waals surface area contributed by atoms with E-state index < -0.39 is 8.07 Å². The minimum atomic E-state index is -1.19. The first-order valence-electron chi connectivity index (χ1n) is 13.7. The van der Waals surface area contributed by atoms with E-state index in [-0.39, 0.29) is 24.8 Å². The van der Waals surface area contributed by atoms with Crippen LogP contribution in [0.5, 0.6) is 0 Å². The van der Waals surface area contributed by atoms with Crippen LogP contribution in [0, 0.1) is 0 Å². The topological polar surface area (TPSA) is 52.6 Å². The van der Waals surface area contributed by atoms with Gasteiger partial charge >= 0.3 is 11.9 Å². The second kappa shape index (κ2) is 22.0. The van der Waals surface area contributed by atoms with Gasteiger partial charge < -0.3 is 9.47 Å². The average molecular weight is 471 g/mol. The zero-order valence-corrected chi connectivity index (χ0v) is 23.0. The summed E-state index contributed by atoms with van der Waals surface area (Å²) in [7, 11) is -1.19. The number of hydrogen-bond donors (Lipinski definition) is 0. The van der Waals surface area contributed by atoms with Crippen LogP contribution in [0.2, 0.25) is 25.7 Å². The molecule has 0 radical (unpaired) electrons. The SMILES string of the molecule is CCCCCCCCCCCCCCCCCCOC(=O)CCC(=O)OCC[Si](C)(C)C. The average Bonchev–Trinajstić information content (AvgIpc) is 2.73. The van der Waals surface area contributed by atoms with E-state index in [0.717, 1.165) is 18.9 Å². The van der Waals surface area contributed by atoms with Gasteiger partial charge in [0.2, 0.25) is 0 Å². The molecular weight excluding hydrogens is 416 g/mol. The van der Waals surface area contributed by atoms with Crippen LogP contribution in [0.15, 0.2) is 0 Å². The van der Waals surface area contributed by atoms with Crippen LogP contribution >= 0.6 is 0 Å².